The molecule has 0 saturated heterocycles. The number of nitrogens with zero attached hydrogens (tertiary/aromatic N) is 1. The van der Waals surface area contributed by atoms with Gasteiger partial charge in [0.25, 0.3) is 0 Å². The van der Waals surface area contributed by atoms with Gasteiger partial charge >= 0.3 is 5.97 Å². The van der Waals surface area contributed by atoms with Gasteiger partial charge in [0.2, 0.25) is 0 Å². The normalized spacial score (nSPS) is 15.4. The maximum Gasteiger partial charge on any atom is 0.322 e. The Hall–Kier alpha value is -0.610. The fraction of sp³-hybridized carbons (Fsp3) is 0.917. The minimum atomic E-state index is -0.774. The molecule has 2 unspecified atom stereocenters. The molecule has 0 spiro atoms. The van der Waals surface area contributed by atoms with E-state index in [0.717, 1.165) is 12.8 Å². The maximum absolute atomic E-state index is 11.1. The zero-order valence-corrected chi connectivity index (χ0v) is 11.2. The average Bonchev–Trinajstić information content (AvgIpc) is 2.16. The Bertz CT molecular complexity index is 207. The molecule has 16 heavy (non-hydrogen) atoms. The van der Waals surface area contributed by atoms with Crippen molar-refractivity contribution < 1.29 is 9.90 Å². The van der Waals surface area contributed by atoms with E-state index in [0.29, 0.717) is 12.6 Å². The molecule has 4 heteroatoms. The van der Waals surface area contributed by atoms with Crippen molar-refractivity contribution in [2.24, 2.45) is 0 Å². The van der Waals surface area contributed by atoms with Crippen LogP contribution < -0.4 is 5.32 Å². The van der Waals surface area contributed by atoms with Crippen LogP contribution in [0.25, 0.3) is 0 Å². The van der Waals surface area contributed by atoms with Crippen molar-refractivity contribution in [1.82, 2.24) is 10.2 Å². The van der Waals surface area contributed by atoms with E-state index in [9.17, 15) is 4.79 Å². The molecule has 2 N–H and O–H groups in total. The molecule has 0 fully saturated rings. The van der Waals surface area contributed by atoms with E-state index in [1.54, 1.807) is 0 Å². The highest BCUT2D eigenvalue weighted by Crippen LogP contribution is 2.05. The Morgan fingerprint density at radius 1 is 1.38 bits per heavy atom. The first kappa shape index (κ1) is 15.4. The predicted molar refractivity (Wildman–Crippen MR) is 66.7 cm³/mol. The summed E-state index contributed by atoms with van der Waals surface area (Å²) in [6, 6.07) is 0.140. The molecule has 0 heterocycles. The van der Waals surface area contributed by atoms with Gasteiger partial charge in [0, 0.05) is 18.6 Å². The van der Waals surface area contributed by atoms with Crippen molar-refractivity contribution >= 4 is 5.97 Å². The number of carboxylic acid groups (broad SMARTS) is 1. The van der Waals surface area contributed by atoms with E-state index in [4.69, 9.17) is 5.11 Å². The van der Waals surface area contributed by atoms with Crippen molar-refractivity contribution in [3.63, 3.8) is 0 Å². The first-order valence-electron chi connectivity index (χ1n) is 6.07. The lowest BCUT2D eigenvalue weighted by molar-refractivity contribution is -0.140. The summed E-state index contributed by atoms with van der Waals surface area (Å²) in [6.07, 6.45) is 2.23. The van der Waals surface area contributed by atoms with E-state index in [2.05, 4.69) is 24.1 Å². The molecule has 0 saturated carbocycles. The molecule has 2 atom stereocenters. The largest absolute Gasteiger partial charge is 0.480 e. The Morgan fingerprint density at radius 2 is 1.94 bits per heavy atom. The lowest BCUT2D eigenvalue weighted by atomic mass is 10.1. The van der Waals surface area contributed by atoms with Gasteiger partial charge in [-0.1, -0.05) is 27.2 Å². The molecule has 4 nitrogen and oxygen atoms in total. The summed E-state index contributed by atoms with van der Waals surface area (Å²) in [7, 11) is 1.98. The van der Waals surface area contributed by atoms with E-state index in [1.807, 2.05) is 20.9 Å². The minimum absolute atomic E-state index is 0.191. The first-order valence-corrected chi connectivity index (χ1v) is 6.07. The highest BCUT2D eigenvalue weighted by Gasteiger charge is 2.21. The lowest BCUT2D eigenvalue weighted by Gasteiger charge is -2.28. The van der Waals surface area contributed by atoms with Crippen LogP contribution in [0.3, 0.4) is 0 Å². The van der Waals surface area contributed by atoms with Crippen LogP contribution >= 0.6 is 0 Å². The van der Waals surface area contributed by atoms with E-state index in [1.165, 1.54) is 0 Å². The second-order valence-corrected chi connectivity index (χ2v) is 4.79. The van der Waals surface area contributed by atoms with Gasteiger partial charge in [-0.2, -0.15) is 0 Å². The highest BCUT2D eigenvalue weighted by atomic mass is 16.4. The number of carbonyl (C=O) groups is 1. The quantitative estimate of drug-likeness (QED) is 0.664. The van der Waals surface area contributed by atoms with Crippen LogP contribution in [0.15, 0.2) is 0 Å². The maximum atomic E-state index is 11.1. The monoisotopic (exact) mass is 230 g/mol. The van der Waals surface area contributed by atoms with E-state index >= 15 is 0 Å². The van der Waals surface area contributed by atoms with Crippen LogP contribution in [0.4, 0.5) is 0 Å². The number of nitrogens with one attached hydrogen (secondary N) is 1. The van der Waals surface area contributed by atoms with Crippen molar-refractivity contribution in [2.45, 2.75) is 58.7 Å². The van der Waals surface area contributed by atoms with Gasteiger partial charge in [-0.05, 0) is 20.4 Å². The molecule has 0 aliphatic heterocycles. The van der Waals surface area contributed by atoms with Gasteiger partial charge in [0.15, 0.2) is 0 Å². The molecule has 0 bridgehead atoms. The molecule has 0 aromatic heterocycles. The standard InChI is InChI=1S/C12H26N2O2/c1-6-7-10(4)14(5)8-11(12(15)16)13-9(2)3/h9-11,13H,6-8H2,1-5H3,(H,15,16). The van der Waals surface area contributed by atoms with Gasteiger partial charge in [-0.15, -0.1) is 0 Å². The average molecular weight is 230 g/mol. The van der Waals surface area contributed by atoms with Gasteiger partial charge in [0.1, 0.15) is 6.04 Å². The topological polar surface area (TPSA) is 52.6 Å². The third-order valence-electron chi connectivity index (χ3n) is 2.76. The third-order valence-corrected chi connectivity index (χ3v) is 2.76. The number of hydrogen-bond donors (Lipinski definition) is 2. The van der Waals surface area contributed by atoms with Crippen molar-refractivity contribution in [3.05, 3.63) is 0 Å². The summed E-state index contributed by atoms with van der Waals surface area (Å²) in [5.74, 6) is -0.774. The zero-order chi connectivity index (χ0) is 12.7. The second kappa shape index (κ2) is 7.63. The summed E-state index contributed by atoms with van der Waals surface area (Å²) in [4.78, 5) is 13.2. The molecule has 0 aliphatic rings. The first-order chi connectivity index (χ1) is 7.38. The van der Waals surface area contributed by atoms with Crippen molar-refractivity contribution in [2.75, 3.05) is 13.6 Å². The number of carboxylic acids is 1. The molecular formula is C12H26N2O2. The molecule has 0 aromatic rings. The fourth-order valence-electron chi connectivity index (χ4n) is 1.71. The van der Waals surface area contributed by atoms with Crippen LogP contribution in [-0.4, -0.2) is 47.7 Å². The number of rotatable bonds is 8. The van der Waals surface area contributed by atoms with Crippen LogP contribution in [-0.2, 0) is 4.79 Å². The van der Waals surface area contributed by atoms with Crippen molar-refractivity contribution in [1.29, 1.82) is 0 Å². The highest BCUT2D eigenvalue weighted by molar-refractivity contribution is 5.73. The summed E-state index contributed by atoms with van der Waals surface area (Å²) < 4.78 is 0. The zero-order valence-electron chi connectivity index (χ0n) is 11.2. The number of likely N-dealkylation sites (N-methyl/N-ethyl adjacent to an activating group) is 1. The van der Waals surface area contributed by atoms with Crippen LogP contribution in [0.2, 0.25) is 0 Å². The minimum Gasteiger partial charge on any atom is -0.480 e. The fourth-order valence-corrected chi connectivity index (χ4v) is 1.71. The Kier molecular flexibility index (Phi) is 7.34. The Labute approximate surface area is 99.0 Å². The smallest absolute Gasteiger partial charge is 0.322 e. The van der Waals surface area contributed by atoms with Gasteiger partial charge in [-0.3, -0.25) is 4.79 Å². The summed E-state index contributed by atoms with van der Waals surface area (Å²) in [5, 5.41) is 12.2. The molecule has 96 valence electrons. The molecule has 0 radical (unpaired) electrons. The van der Waals surface area contributed by atoms with Crippen LogP contribution in [0.1, 0.15) is 40.5 Å². The van der Waals surface area contributed by atoms with Crippen molar-refractivity contribution in [3.8, 4) is 0 Å². The number of hydrogen-bond acceptors (Lipinski definition) is 3. The van der Waals surface area contributed by atoms with Crippen LogP contribution in [0, 0.1) is 0 Å². The van der Waals surface area contributed by atoms with E-state index < -0.39 is 12.0 Å². The molecular weight excluding hydrogens is 204 g/mol. The van der Waals surface area contributed by atoms with Gasteiger partial charge < -0.3 is 15.3 Å². The number of aliphatic carboxylic acids is 1. The summed E-state index contributed by atoms with van der Waals surface area (Å²) >= 11 is 0. The second-order valence-electron chi connectivity index (χ2n) is 4.79. The van der Waals surface area contributed by atoms with E-state index in [-0.39, 0.29) is 6.04 Å². The molecule has 0 aromatic carbocycles. The molecule has 0 aliphatic carbocycles. The molecule has 0 amide bonds. The SMILES string of the molecule is CCCC(C)N(C)CC(NC(C)C)C(=O)O. The third kappa shape index (κ3) is 6.08. The van der Waals surface area contributed by atoms with Gasteiger partial charge in [0.05, 0.1) is 0 Å². The molecule has 0 rings (SSSR count). The van der Waals surface area contributed by atoms with Gasteiger partial charge in [-0.25, -0.2) is 0 Å². The van der Waals surface area contributed by atoms with Crippen LogP contribution in [0.5, 0.6) is 0 Å². The Morgan fingerprint density at radius 3 is 2.31 bits per heavy atom. The summed E-state index contributed by atoms with van der Waals surface area (Å²) in [5.41, 5.74) is 0. The lowest BCUT2D eigenvalue weighted by Crippen LogP contribution is -2.49. The predicted octanol–water partition coefficient (Wildman–Crippen LogP) is 1.56. The Balaban J connectivity index is 4.22. The summed E-state index contributed by atoms with van der Waals surface area (Å²) in [6.45, 7) is 8.76.